The summed E-state index contributed by atoms with van der Waals surface area (Å²) in [5.41, 5.74) is 1.89. The number of carbonyl (C=O) groups excluding carboxylic acids is 2. The molecule has 0 unspecified atom stereocenters. The molecule has 0 aliphatic carbocycles. The molecule has 0 aliphatic heterocycles. The molecule has 4 heteroatoms. The molecular formula is C16H24N2O2. The second kappa shape index (κ2) is 8.35. The van der Waals surface area contributed by atoms with Crippen molar-refractivity contribution in [2.45, 2.75) is 40.0 Å². The molecule has 0 saturated carbocycles. The third kappa shape index (κ3) is 6.36. The van der Waals surface area contributed by atoms with Gasteiger partial charge in [0.2, 0.25) is 11.8 Å². The Morgan fingerprint density at radius 3 is 2.30 bits per heavy atom. The van der Waals surface area contributed by atoms with Gasteiger partial charge in [-0.2, -0.15) is 0 Å². The highest BCUT2D eigenvalue weighted by molar-refractivity contribution is 5.90. The van der Waals surface area contributed by atoms with Crippen LogP contribution in [0, 0.1) is 5.92 Å². The van der Waals surface area contributed by atoms with Crippen LogP contribution in [0.3, 0.4) is 0 Å². The van der Waals surface area contributed by atoms with Crippen molar-refractivity contribution in [1.29, 1.82) is 0 Å². The number of amides is 2. The fourth-order valence-electron chi connectivity index (χ4n) is 1.67. The van der Waals surface area contributed by atoms with Gasteiger partial charge in [0.05, 0.1) is 0 Å². The molecule has 0 fully saturated rings. The van der Waals surface area contributed by atoms with E-state index in [1.54, 1.807) is 0 Å². The Bertz CT molecular complexity index is 438. The maximum absolute atomic E-state index is 11.6. The predicted octanol–water partition coefficient (Wildman–Crippen LogP) is 2.74. The topological polar surface area (TPSA) is 58.2 Å². The number of aryl methyl sites for hydroxylation is 1. The zero-order valence-corrected chi connectivity index (χ0v) is 12.5. The first-order chi connectivity index (χ1) is 9.51. The molecule has 20 heavy (non-hydrogen) atoms. The van der Waals surface area contributed by atoms with Gasteiger partial charge in [-0.25, -0.2) is 0 Å². The molecule has 0 saturated heterocycles. The van der Waals surface area contributed by atoms with Crippen LogP contribution in [0.1, 0.15) is 39.2 Å². The number of rotatable bonds is 7. The van der Waals surface area contributed by atoms with Gasteiger partial charge < -0.3 is 10.6 Å². The number of benzene rings is 1. The minimum Gasteiger partial charge on any atom is -0.356 e. The van der Waals surface area contributed by atoms with Crippen molar-refractivity contribution < 1.29 is 9.59 Å². The molecule has 0 spiro atoms. The first-order valence-electron chi connectivity index (χ1n) is 7.16. The summed E-state index contributed by atoms with van der Waals surface area (Å²) in [6.07, 6.45) is 1.68. The van der Waals surface area contributed by atoms with Crippen LogP contribution in [0.25, 0.3) is 0 Å². The van der Waals surface area contributed by atoms with E-state index in [4.69, 9.17) is 0 Å². The number of hydrogen-bond donors (Lipinski definition) is 2. The Labute approximate surface area is 121 Å². The molecule has 110 valence electrons. The summed E-state index contributed by atoms with van der Waals surface area (Å²) in [7, 11) is 0. The van der Waals surface area contributed by atoms with Crippen LogP contribution in [0.4, 0.5) is 5.69 Å². The van der Waals surface area contributed by atoms with Crippen LogP contribution in [0.2, 0.25) is 0 Å². The van der Waals surface area contributed by atoms with E-state index >= 15 is 0 Å². The van der Waals surface area contributed by atoms with E-state index in [1.165, 1.54) is 0 Å². The van der Waals surface area contributed by atoms with Crippen molar-refractivity contribution in [2.24, 2.45) is 5.92 Å². The van der Waals surface area contributed by atoms with Crippen molar-refractivity contribution in [2.75, 3.05) is 11.9 Å². The molecule has 0 aliphatic rings. The minimum atomic E-state index is 0.00538. The average Bonchev–Trinajstić information content (AvgIpc) is 2.44. The predicted molar refractivity (Wildman–Crippen MR) is 81.5 cm³/mol. The summed E-state index contributed by atoms with van der Waals surface area (Å²) in [5, 5.41) is 5.70. The number of anilines is 1. The first-order valence-corrected chi connectivity index (χ1v) is 7.16. The SMILES string of the molecule is CCC(=O)Nc1ccc(CCC(=O)NCC(C)C)cc1. The molecule has 1 aromatic rings. The quantitative estimate of drug-likeness (QED) is 0.804. The van der Waals surface area contributed by atoms with Gasteiger partial charge in [-0.15, -0.1) is 0 Å². The van der Waals surface area contributed by atoms with Gasteiger partial charge >= 0.3 is 0 Å². The van der Waals surface area contributed by atoms with E-state index in [0.29, 0.717) is 25.2 Å². The van der Waals surface area contributed by atoms with Gasteiger partial charge in [0, 0.05) is 25.1 Å². The van der Waals surface area contributed by atoms with E-state index in [2.05, 4.69) is 24.5 Å². The highest BCUT2D eigenvalue weighted by Crippen LogP contribution is 2.11. The summed E-state index contributed by atoms with van der Waals surface area (Å²) >= 11 is 0. The molecule has 0 radical (unpaired) electrons. The minimum absolute atomic E-state index is 0.00538. The van der Waals surface area contributed by atoms with Crippen molar-refractivity contribution >= 4 is 17.5 Å². The molecule has 1 rings (SSSR count). The summed E-state index contributed by atoms with van der Waals surface area (Å²) in [4.78, 5) is 22.8. The Morgan fingerprint density at radius 2 is 1.75 bits per heavy atom. The van der Waals surface area contributed by atoms with Crippen LogP contribution < -0.4 is 10.6 Å². The summed E-state index contributed by atoms with van der Waals surface area (Å²) < 4.78 is 0. The van der Waals surface area contributed by atoms with Crippen molar-refractivity contribution in [3.63, 3.8) is 0 Å². The maximum Gasteiger partial charge on any atom is 0.224 e. The van der Waals surface area contributed by atoms with Crippen molar-refractivity contribution in [1.82, 2.24) is 5.32 Å². The van der Waals surface area contributed by atoms with Gasteiger partial charge in [-0.05, 0) is 30.0 Å². The van der Waals surface area contributed by atoms with E-state index < -0.39 is 0 Å². The highest BCUT2D eigenvalue weighted by atomic mass is 16.2. The van der Waals surface area contributed by atoms with Crippen LogP contribution in [0.5, 0.6) is 0 Å². The second-order valence-electron chi connectivity index (χ2n) is 5.30. The largest absolute Gasteiger partial charge is 0.356 e. The van der Waals surface area contributed by atoms with Crippen LogP contribution >= 0.6 is 0 Å². The smallest absolute Gasteiger partial charge is 0.224 e. The average molecular weight is 276 g/mol. The molecule has 0 atom stereocenters. The van der Waals surface area contributed by atoms with Crippen LogP contribution in [-0.2, 0) is 16.0 Å². The Kier molecular flexibility index (Phi) is 6.77. The number of carbonyl (C=O) groups is 2. The standard InChI is InChI=1S/C16H24N2O2/c1-4-15(19)18-14-8-5-13(6-9-14)7-10-16(20)17-11-12(2)3/h5-6,8-9,12H,4,7,10-11H2,1-3H3,(H,17,20)(H,18,19). The molecule has 0 heterocycles. The lowest BCUT2D eigenvalue weighted by Gasteiger charge is -2.08. The number of nitrogens with one attached hydrogen (secondary N) is 2. The lowest BCUT2D eigenvalue weighted by atomic mass is 10.1. The van der Waals surface area contributed by atoms with Crippen molar-refractivity contribution in [3.05, 3.63) is 29.8 Å². The van der Waals surface area contributed by atoms with Crippen molar-refractivity contribution in [3.8, 4) is 0 Å². The molecule has 4 nitrogen and oxygen atoms in total. The zero-order valence-electron chi connectivity index (χ0n) is 12.5. The lowest BCUT2D eigenvalue weighted by Crippen LogP contribution is -2.27. The van der Waals surface area contributed by atoms with E-state index in [-0.39, 0.29) is 11.8 Å². The van der Waals surface area contributed by atoms with Gasteiger partial charge in [0.1, 0.15) is 0 Å². The van der Waals surface area contributed by atoms with Gasteiger partial charge in [0.25, 0.3) is 0 Å². The summed E-state index contributed by atoms with van der Waals surface area (Å²) in [6.45, 7) is 6.69. The normalized spacial score (nSPS) is 10.4. The molecule has 0 bridgehead atoms. The Hall–Kier alpha value is -1.84. The molecular weight excluding hydrogens is 252 g/mol. The fourth-order valence-corrected chi connectivity index (χ4v) is 1.67. The van der Waals surface area contributed by atoms with Crippen LogP contribution in [-0.4, -0.2) is 18.4 Å². The van der Waals surface area contributed by atoms with Gasteiger partial charge in [-0.3, -0.25) is 9.59 Å². The highest BCUT2D eigenvalue weighted by Gasteiger charge is 2.04. The maximum atomic E-state index is 11.6. The Morgan fingerprint density at radius 1 is 1.10 bits per heavy atom. The monoisotopic (exact) mass is 276 g/mol. The lowest BCUT2D eigenvalue weighted by molar-refractivity contribution is -0.121. The fraction of sp³-hybridized carbons (Fsp3) is 0.500. The number of hydrogen-bond acceptors (Lipinski definition) is 2. The van der Waals surface area contributed by atoms with E-state index in [0.717, 1.165) is 17.8 Å². The first kappa shape index (κ1) is 16.2. The second-order valence-corrected chi connectivity index (χ2v) is 5.30. The van der Waals surface area contributed by atoms with E-state index in [1.807, 2.05) is 31.2 Å². The van der Waals surface area contributed by atoms with Gasteiger partial charge in [-0.1, -0.05) is 32.9 Å². The molecule has 2 amide bonds. The third-order valence-corrected chi connectivity index (χ3v) is 2.91. The van der Waals surface area contributed by atoms with Gasteiger partial charge in [0.15, 0.2) is 0 Å². The van der Waals surface area contributed by atoms with E-state index in [9.17, 15) is 9.59 Å². The third-order valence-electron chi connectivity index (χ3n) is 2.91. The zero-order chi connectivity index (χ0) is 15.0. The molecule has 1 aromatic carbocycles. The summed E-state index contributed by atoms with van der Waals surface area (Å²) in [5.74, 6) is 0.563. The molecule has 2 N–H and O–H groups in total. The molecule has 0 aromatic heterocycles. The summed E-state index contributed by atoms with van der Waals surface area (Å²) in [6, 6.07) is 7.63. The van der Waals surface area contributed by atoms with Crippen LogP contribution in [0.15, 0.2) is 24.3 Å². The Balaban J connectivity index is 2.38.